The molecular weight excluding hydrogens is 243 g/mol. The molecule has 4 heteroatoms. The summed E-state index contributed by atoms with van der Waals surface area (Å²) >= 11 is 0. The van der Waals surface area contributed by atoms with Crippen molar-refractivity contribution in [1.29, 1.82) is 0 Å². The van der Waals surface area contributed by atoms with Crippen molar-refractivity contribution in [3.63, 3.8) is 0 Å². The van der Waals surface area contributed by atoms with Gasteiger partial charge in [-0.2, -0.15) is 0 Å². The summed E-state index contributed by atoms with van der Waals surface area (Å²) in [7, 11) is 1.49. The Kier molecular flexibility index (Phi) is 5.16. The van der Waals surface area contributed by atoms with Crippen LogP contribution in [0, 0.1) is 11.7 Å². The Bertz CT molecular complexity index is 405. The Morgan fingerprint density at radius 3 is 2.74 bits per heavy atom. The fourth-order valence-corrected chi connectivity index (χ4v) is 2.64. The van der Waals surface area contributed by atoms with E-state index >= 15 is 0 Å². The van der Waals surface area contributed by atoms with E-state index in [2.05, 4.69) is 17.1 Å². The lowest BCUT2D eigenvalue weighted by molar-refractivity contribution is 0.211. The highest BCUT2D eigenvalue weighted by Gasteiger charge is 2.14. The van der Waals surface area contributed by atoms with Crippen LogP contribution in [0.5, 0.6) is 5.75 Å². The van der Waals surface area contributed by atoms with Gasteiger partial charge in [0, 0.05) is 32.7 Å². The molecule has 0 aliphatic carbocycles. The third-order valence-electron chi connectivity index (χ3n) is 3.58. The van der Waals surface area contributed by atoms with Crippen LogP contribution in [0.15, 0.2) is 18.2 Å². The number of nitrogens with zero attached hydrogens (tertiary/aromatic N) is 1. The van der Waals surface area contributed by atoms with Crippen molar-refractivity contribution in [2.75, 3.05) is 39.8 Å². The van der Waals surface area contributed by atoms with Gasteiger partial charge in [-0.15, -0.1) is 0 Å². The Hall–Kier alpha value is -1.13. The van der Waals surface area contributed by atoms with Crippen LogP contribution in [0.25, 0.3) is 0 Å². The predicted octanol–water partition coefficient (Wildman–Crippen LogP) is 1.92. The Morgan fingerprint density at radius 1 is 1.37 bits per heavy atom. The number of hydrogen-bond donors (Lipinski definition) is 1. The summed E-state index contributed by atoms with van der Waals surface area (Å²) in [6, 6.07) is 5.26. The number of piperazine rings is 1. The molecule has 0 amide bonds. The normalized spacial score (nSPS) is 18.3. The van der Waals surface area contributed by atoms with Gasteiger partial charge in [0.15, 0.2) is 11.6 Å². The third kappa shape index (κ3) is 4.18. The molecular formula is C15H23FN2O. The average molecular weight is 266 g/mol. The fourth-order valence-electron chi connectivity index (χ4n) is 2.64. The van der Waals surface area contributed by atoms with E-state index in [1.807, 2.05) is 6.07 Å². The van der Waals surface area contributed by atoms with Crippen molar-refractivity contribution in [2.45, 2.75) is 13.3 Å². The van der Waals surface area contributed by atoms with Crippen LogP contribution in [-0.4, -0.2) is 44.7 Å². The molecule has 1 aliphatic heterocycles. The number of benzene rings is 1. The van der Waals surface area contributed by atoms with Crippen LogP contribution < -0.4 is 10.1 Å². The summed E-state index contributed by atoms with van der Waals surface area (Å²) < 4.78 is 18.6. The maximum Gasteiger partial charge on any atom is 0.165 e. The highest BCUT2D eigenvalue weighted by molar-refractivity contribution is 5.29. The molecule has 3 nitrogen and oxygen atoms in total. The molecule has 0 aromatic heterocycles. The molecule has 106 valence electrons. The van der Waals surface area contributed by atoms with Gasteiger partial charge in [0.2, 0.25) is 0 Å². The summed E-state index contributed by atoms with van der Waals surface area (Å²) in [6.07, 6.45) is 0.908. The monoisotopic (exact) mass is 266 g/mol. The van der Waals surface area contributed by atoms with Crippen LogP contribution in [0.4, 0.5) is 4.39 Å². The van der Waals surface area contributed by atoms with E-state index in [9.17, 15) is 4.39 Å². The van der Waals surface area contributed by atoms with Gasteiger partial charge in [-0.05, 0) is 30.0 Å². The number of nitrogens with one attached hydrogen (secondary N) is 1. The zero-order valence-electron chi connectivity index (χ0n) is 11.8. The van der Waals surface area contributed by atoms with Crippen LogP contribution in [0.1, 0.15) is 12.5 Å². The van der Waals surface area contributed by atoms with Crippen LogP contribution in [-0.2, 0) is 6.42 Å². The molecule has 1 fully saturated rings. The van der Waals surface area contributed by atoms with E-state index in [0.717, 1.165) is 44.7 Å². The molecule has 0 spiro atoms. The van der Waals surface area contributed by atoms with Gasteiger partial charge in [0.25, 0.3) is 0 Å². The molecule has 1 aliphatic rings. The zero-order chi connectivity index (χ0) is 13.7. The first-order valence-electron chi connectivity index (χ1n) is 6.94. The average Bonchev–Trinajstić information content (AvgIpc) is 2.40. The van der Waals surface area contributed by atoms with E-state index in [0.29, 0.717) is 11.7 Å². The van der Waals surface area contributed by atoms with Gasteiger partial charge >= 0.3 is 0 Å². The lowest BCUT2D eigenvalue weighted by atomic mass is 10.00. The van der Waals surface area contributed by atoms with Crippen molar-refractivity contribution in [1.82, 2.24) is 10.2 Å². The summed E-state index contributed by atoms with van der Waals surface area (Å²) in [5, 5.41) is 3.35. The molecule has 0 radical (unpaired) electrons. The lowest BCUT2D eigenvalue weighted by Gasteiger charge is -2.29. The molecule has 19 heavy (non-hydrogen) atoms. The summed E-state index contributed by atoms with van der Waals surface area (Å²) in [6.45, 7) is 7.68. The van der Waals surface area contributed by atoms with E-state index in [-0.39, 0.29) is 5.82 Å². The summed E-state index contributed by atoms with van der Waals surface area (Å²) in [5.41, 5.74) is 1.04. The van der Waals surface area contributed by atoms with Gasteiger partial charge in [0.1, 0.15) is 0 Å². The van der Waals surface area contributed by atoms with Crippen molar-refractivity contribution in [3.05, 3.63) is 29.6 Å². The SMILES string of the molecule is COc1ccc(CC(C)CN2CCNCC2)cc1F. The molecule has 2 rings (SSSR count). The highest BCUT2D eigenvalue weighted by atomic mass is 19.1. The molecule has 1 N–H and O–H groups in total. The summed E-state index contributed by atoms with van der Waals surface area (Å²) in [5.74, 6) is 0.582. The first kappa shape index (κ1) is 14.3. The fraction of sp³-hybridized carbons (Fsp3) is 0.600. The Morgan fingerprint density at radius 2 is 2.11 bits per heavy atom. The topological polar surface area (TPSA) is 24.5 Å². The van der Waals surface area contributed by atoms with Crippen molar-refractivity contribution < 1.29 is 9.13 Å². The van der Waals surface area contributed by atoms with Crippen LogP contribution >= 0.6 is 0 Å². The van der Waals surface area contributed by atoms with Gasteiger partial charge < -0.3 is 15.0 Å². The zero-order valence-corrected chi connectivity index (χ0v) is 11.8. The van der Waals surface area contributed by atoms with E-state index in [1.165, 1.54) is 7.11 Å². The van der Waals surface area contributed by atoms with Gasteiger partial charge in [-0.3, -0.25) is 0 Å². The second kappa shape index (κ2) is 6.87. The first-order valence-corrected chi connectivity index (χ1v) is 6.94. The van der Waals surface area contributed by atoms with Crippen molar-refractivity contribution >= 4 is 0 Å². The maximum absolute atomic E-state index is 13.6. The number of ether oxygens (including phenoxy) is 1. The van der Waals surface area contributed by atoms with Gasteiger partial charge in [0.05, 0.1) is 7.11 Å². The Labute approximate surface area is 114 Å². The maximum atomic E-state index is 13.6. The lowest BCUT2D eigenvalue weighted by Crippen LogP contribution is -2.45. The smallest absolute Gasteiger partial charge is 0.165 e. The number of methoxy groups -OCH3 is 1. The molecule has 1 aromatic carbocycles. The van der Waals surface area contributed by atoms with Gasteiger partial charge in [-0.1, -0.05) is 13.0 Å². The largest absolute Gasteiger partial charge is 0.494 e. The Balaban J connectivity index is 1.87. The van der Waals surface area contributed by atoms with Crippen LogP contribution in [0.3, 0.4) is 0 Å². The van der Waals surface area contributed by atoms with E-state index in [1.54, 1.807) is 12.1 Å². The number of hydrogen-bond acceptors (Lipinski definition) is 3. The van der Waals surface area contributed by atoms with E-state index < -0.39 is 0 Å². The van der Waals surface area contributed by atoms with Crippen molar-refractivity contribution in [2.24, 2.45) is 5.92 Å². The molecule has 1 aromatic rings. The molecule has 1 atom stereocenters. The van der Waals surface area contributed by atoms with Crippen LogP contribution in [0.2, 0.25) is 0 Å². The number of rotatable bonds is 5. The predicted molar refractivity (Wildman–Crippen MR) is 75.1 cm³/mol. The highest BCUT2D eigenvalue weighted by Crippen LogP contribution is 2.20. The van der Waals surface area contributed by atoms with E-state index in [4.69, 9.17) is 4.74 Å². The molecule has 0 saturated carbocycles. The molecule has 1 saturated heterocycles. The third-order valence-corrected chi connectivity index (χ3v) is 3.58. The molecule has 0 bridgehead atoms. The molecule has 1 heterocycles. The second-order valence-corrected chi connectivity index (χ2v) is 5.33. The minimum atomic E-state index is -0.269. The number of halogens is 1. The molecule has 1 unspecified atom stereocenters. The minimum Gasteiger partial charge on any atom is -0.494 e. The summed E-state index contributed by atoms with van der Waals surface area (Å²) in [4.78, 5) is 2.47. The van der Waals surface area contributed by atoms with Gasteiger partial charge in [-0.25, -0.2) is 4.39 Å². The van der Waals surface area contributed by atoms with Crippen molar-refractivity contribution in [3.8, 4) is 5.75 Å². The quantitative estimate of drug-likeness (QED) is 0.881. The minimum absolute atomic E-state index is 0.269. The first-order chi connectivity index (χ1) is 9.19. The standard InChI is InChI=1S/C15H23FN2O/c1-12(11-18-7-5-17-6-8-18)9-13-3-4-15(19-2)14(16)10-13/h3-4,10,12,17H,5-9,11H2,1-2H3. The second-order valence-electron chi connectivity index (χ2n) is 5.33.